The number of nitrogens with one attached hydrogen (secondary N) is 1. The first-order valence-corrected chi connectivity index (χ1v) is 7.02. The summed E-state index contributed by atoms with van der Waals surface area (Å²) in [6.07, 6.45) is 1.11. The number of para-hydroxylation sites is 1. The molecule has 1 N–H and O–H groups in total. The van der Waals surface area contributed by atoms with Gasteiger partial charge < -0.3 is 5.32 Å². The maximum Gasteiger partial charge on any atom is 0.309 e. The lowest BCUT2D eigenvalue weighted by Gasteiger charge is -2.15. The van der Waals surface area contributed by atoms with Crippen LogP contribution < -0.4 is 5.32 Å². The third-order valence-corrected chi connectivity index (χ3v) is 3.80. The van der Waals surface area contributed by atoms with Crippen molar-refractivity contribution in [3.05, 3.63) is 50.2 Å². The van der Waals surface area contributed by atoms with Gasteiger partial charge in [-0.25, -0.2) is 0 Å². The highest BCUT2D eigenvalue weighted by Gasteiger charge is 2.24. The molecule has 0 aliphatic rings. The summed E-state index contributed by atoms with van der Waals surface area (Å²) in [7, 11) is 0. The van der Waals surface area contributed by atoms with Crippen LogP contribution in [0.15, 0.2) is 24.4 Å². The van der Waals surface area contributed by atoms with Crippen LogP contribution in [0.5, 0.6) is 0 Å². The SMILES string of the molecule is Cc1c([N+](=O)[O-])cnn1C(C)C(=O)Nc1c(Cl)cccc1Cl. The van der Waals surface area contributed by atoms with Crippen LogP contribution in [-0.2, 0) is 4.79 Å². The summed E-state index contributed by atoms with van der Waals surface area (Å²) in [5, 5.41) is 17.9. The molecule has 0 saturated heterocycles. The number of carbonyl (C=O) groups excluding carboxylic acids is 1. The van der Waals surface area contributed by atoms with E-state index < -0.39 is 16.9 Å². The first-order valence-electron chi connectivity index (χ1n) is 6.26. The second-order valence-electron chi connectivity index (χ2n) is 4.58. The Balaban J connectivity index is 2.25. The third-order valence-electron chi connectivity index (χ3n) is 3.17. The minimum Gasteiger partial charge on any atom is -0.322 e. The zero-order valence-corrected chi connectivity index (χ0v) is 13.2. The number of anilines is 1. The standard InChI is InChI=1S/C13H12Cl2N4O3/c1-7-11(19(21)22)6-16-18(7)8(2)13(20)17-12-9(14)4-3-5-10(12)15/h3-6,8H,1-2H3,(H,17,20). The van der Waals surface area contributed by atoms with E-state index in [2.05, 4.69) is 10.4 Å². The van der Waals surface area contributed by atoms with Crippen LogP contribution in [0.4, 0.5) is 11.4 Å². The zero-order chi connectivity index (χ0) is 16.4. The molecule has 0 fully saturated rings. The van der Waals surface area contributed by atoms with Gasteiger partial charge >= 0.3 is 5.69 Å². The van der Waals surface area contributed by atoms with Crippen LogP contribution >= 0.6 is 23.2 Å². The van der Waals surface area contributed by atoms with Gasteiger partial charge in [-0.15, -0.1) is 0 Å². The average Bonchev–Trinajstić information content (AvgIpc) is 2.84. The van der Waals surface area contributed by atoms with Crippen molar-refractivity contribution in [2.45, 2.75) is 19.9 Å². The third kappa shape index (κ3) is 3.05. The molecule has 0 spiro atoms. The normalized spacial score (nSPS) is 12.0. The summed E-state index contributed by atoms with van der Waals surface area (Å²) in [5.74, 6) is -0.434. The van der Waals surface area contributed by atoms with E-state index in [0.29, 0.717) is 15.7 Å². The number of carbonyl (C=O) groups is 1. The Morgan fingerprint density at radius 2 is 2.00 bits per heavy atom. The highest BCUT2D eigenvalue weighted by molar-refractivity contribution is 6.39. The molecular weight excluding hydrogens is 331 g/mol. The fraction of sp³-hybridized carbons (Fsp3) is 0.231. The van der Waals surface area contributed by atoms with E-state index >= 15 is 0 Å². The second-order valence-corrected chi connectivity index (χ2v) is 5.39. The molecule has 1 unspecified atom stereocenters. The lowest BCUT2D eigenvalue weighted by molar-refractivity contribution is -0.385. The molecule has 0 aliphatic carbocycles. The highest BCUT2D eigenvalue weighted by atomic mass is 35.5. The van der Waals surface area contributed by atoms with Gasteiger partial charge in [0.05, 0.1) is 20.7 Å². The molecular formula is C13H12Cl2N4O3. The van der Waals surface area contributed by atoms with E-state index in [9.17, 15) is 14.9 Å². The van der Waals surface area contributed by atoms with Crippen LogP contribution in [0, 0.1) is 17.0 Å². The minimum atomic E-state index is -0.763. The molecule has 1 aromatic heterocycles. The van der Waals surface area contributed by atoms with E-state index in [1.165, 1.54) is 11.6 Å². The van der Waals surface area contributed by atoms with Gasteiger partial charge in [-0.05, 0) is 26.0 Å². The second kappa shape index (κ2) is 6.33. The van der Waals surface area contributed by atoms with E-state index in [1.807, 2.05) is 0 Å². The van der Waals surface area contributed by atoms with Gasteiger partial charge in [-0.3, -0.25) is 19.6 Å². The average molecular weight is 343 g/mol. The monoisotopic (exact) mass is 342 g/mol. The number of benzene rings is 1. The van der Waals surface area contributed by atoms with Crippen molar-refractivity contribution >= 4 is 40.5 Å². The number of nitrogens with zero attached hydrogens (tertiary/aromatic N) is 3. The van der Waals surface area contributed by atoms with Crippen molar-refractivity contribution in [2.75, 3.05) is 5.32 Å². The molecule has 1 aromatic carbocycles. The molecule has 7 nitrogen and oxygen atoms in total. The Labute approximate surface area is 136 Å². The Morgan fingerprint density at radius 1 is 1.41 bits per heavy atom. The lowest BCUT2D eigenvalue weighted by atomic mass is 10.2. The molecule has 0 aliphatic heterocycles. The van der Waals surface area contributed by atoms with Gasteiger partial charge in [0.2, 0.25) is 5.91 Å². The van der Waals surface area contributed by atoms with Gasteiger partial charge in [-0.1, -0.05) is 29.3 Å². The first kappa shape index (κ1) is 16.3. The molecule has 2 rings (SSSR count). The molecule has 22 heavy (non-hydrogen) atoms. The largest absolute Gasteiger partial charge is 0.322 e. The number of halogens is 2. The number of rotatable bonds is 4. The van der Waals surface area contributed by atoms with Gasteiger partial charge in [-0.2, -0.15) is 5.10 Å². The van der Waals surface area contributed by atoms with E-state index in [1.54, 1.807) is 25.1 Å². The summed E-state index contributed by atoms with van der Waals surface area (Å²) in [6, 6.07) is 4.08. The number of hydrogen-bond acceptors (Lipinski definition) is 4. The highest BCUT2D eigenvalue weighted by Crippen LogP contribution is 2.30. The maximum absolute atomic E-state index is 12.3. The first-order chi connectivity index (χ1) is 10.3. The zero-order valence-electron chi connectivity index (χ0n) is 11.7. The maximum atomic E-state index is 12.3. The Bertz CT molecular complexity index is 725. The molecule has 0 saturated carbocycles. The summed E-state index contributed by atoms with van der Waals surface area (Å²) < 4.78 is 1.28. The quantitative estimate of drug-likeness (QED) is 0.678. The molecule has 9 heteroatoms. The van der Waals surface area contributed by atoms with E-state index in [0.717, 1.165) is 6.20 Å². The molecule has 2 aromatic rings. The molecule has 116 valence electrons. The van der Waals surface area contributed by atoms with Crippen LogP contribution in [0.2, 0.25) is 10.0 Å². The molecule has 0 bridgehead atoms. The molecule has 1 heterocycles. The van der Waals surface area contributed by atoms with Crippen LogP contribution in [-0.4, -0.2) is 20.6 Å². The van der Waals surface area contributed by atoms with Crippen LogP contribution in [0.1, 0.15) is 18.7 Å². The molecule has 1 atom stereocenters. The summed E-state index contributed by atoms with van der Waals surface area (Å²) in [6.45, 7) is 3.10. The number of nitro groups is 1. The van der Waals surface area contributed by atoms with Crippen LogP contribution in [0.25, 0.3) is 0 Å². The predicted molar refractivity (Wildman–Crippen MR) is 83.4 cm³/mol. The van der Waals surface area contributed by atoms with Gasteiger partial charge in [0.15, 0.2) is 0 Å². The van der Waals surface area contributed by atoms with E-state index in [-0.39, 0.29) is 11.4 Å². The summed E-state index contributed by atoms with van der Waals surface area (Å²) in [4.78, 5) is 22.6. The van der Waals surface area contributed by atoms with Crippen molar-refractivity contribution in [3.8, 4) is 0 Å². The Morgan fingerprint density at radius 3 is 2.50 bits per heavy atom. The lowest BCUT2D eigenvalue weighted by Crippen LogP contribution is -2.25. The number of hydrogen-bond donors (Lipinski definition) is 1. The molecule has 1 amide bonds. The topological polar surface area (TPSA) is 90.1 Å². The van der Waals surface area contributed by atoms with Gasteiger partial charge in [0.25, 0.3) is 0 Å². The van der Waals surface area contributed by atoms with Crippen molar-refractivity contribution in [1.82, 2.24) is 9.78 Å². The summed E-state index contributed by atoms with van der Waals surface area (Å²) in [5.41, 5.74) is 0.440. The van der Waals surface area contributed by atoms with Gasteiger partial charge in [0, 0.05) is 0 Å². The van der Waals surface area contributed by atoms with Crippen molar-refractivity contribution < 1.29 is 9.72 Å². The number of aromatic nitrogens is 2. The number of amides is 1. The predicted octanol–water partition coefficient (Wildman–Crippen LogP) is 3.61. The Hall–Kier alpha value is -2.12. The Kier molecular flexibility index (Phi) is 4.68. The fourth-order valence-corrected chi connectivity index (χ4v) is 2.43. The van der Waals surface area contributed by atoms with E-state index in [4.69, 9.17) is 23.2 Å². The summed E-state index contributed by atoms with van der Waals surface area (Å²) >= 11 is 12.0. The van der Waals surface area contributed by atoms with Crippen molar-refractivity contribution in [3.63, 3.8) is 0 Å². The molecule has 0 radical (unpaired) electrons. The van der Waals surface area contributed by atoms with Crippen molar-refractivity contribution in [2.24, 2.45) is 0 Å². The minimum absolute atomic E-state index is 0.143. The van der Waals surface area contributed by atoms with Crippen LogP contribution in [0.3, 0.4) is 0 Å². The van der Waals surface area contributed by atoms with Gasteiger partial charge in [0.1, 0.15) is 17.9 Å². The fourth-order valence-electron chi connectivity index (χ4n) is 1.94. The van der Waals surface area contributed by atoms with Crippen molar-refractivity contribution in [1.29, 1.82) is 0 Å². The smallest absolute Gasteiger partial charge is 0.309 e.